The van der Waals surface area contributed by atoms with Crippen LogP contribution in [-0.4, -0.2) is 12.6 Å². The molecule has 1 nitrogen and oxygen atoms in total. The van der Waals surface area contributed by atoms with Crippen molar-refractivity contribution in [3.63, 3.8) is 0 Å². The molecule has 0 radical (unpaired) electrons. The molecule has 1 N–H and O–H groups in total. The number of nitrogens with one attached hydrogen (secondary N) is 1. The molecule has 1 aromatic rings. The summed E-state index contributed by atoms with van der Waals surface area (Å²) in [5, 5.41) is 3.39. The Morgan fingerprint density at radius 3 is 2.82 bits per heavy atom. The van der Waals surface area contributed by atoms with Gasteiger partial charge in [-0.25, -0.2) is 8.78 Å². The highest BCUT2D eigenvalue weighted by atomic mass is 19.1. The third kappa shape index (κ3) is 4.27. The van der Waals surface area contributed by atoms with E-state index in [9.17, 15) is 8.78 Å². The van der Waals surface area contributed by atoms with E-state index in [-0.39, 0.29) is 11.6 Å². The van der Waals surface area contributed by atoms with Gasteiger partial charge in [-0.15, -0.1) is 0 Å². The second-order valence-corrected chi connectivity index (χ2v) is 4.43. The largest absolute Gasteiger partial charge is 0.314 e. The lowest BCUT2D eigenvalue weighted by atomic mass is 10.1. The zero-order valence-corrected chi connectivity index (χ0v) is 9.76. The molecule has 0 spiro atoms. The Bertz CT molecular complexity index is 397. The van der Waals surface area contributed by atoms with Crippen LogP contribution in [-0.2, 0) is 6.42 Å². The van der Waals surface area contributed by atoms with Crippen LogP contribution in [0.25, 0.3) is 0 Å². The van der Waals surface area contributed by atoms with Crippen molar-refractivity contribution >= 4 is 0 Å². The van der Waals surface area contributed by atoms with Crippen LogP contribution < -0.4 is 5.32 Å². The lowest BCUT2D eigenvalue weighted by molar-refractivity contribution is 0.589. The van der Waals surface area contributed by atoms with Gasteiger partial charge in [0.15, 0.2) is 0 Å². The van der Waals surface area contributed by atoms with E-state index < -0.39 is 0 Å². The number of benzene rings is 1. The molecule has 0 amide bonds. The van der Waals surface area contributed by atoms with Gasteiger partial charge in [0.2, 0.25) is 0 Å². The molecule has 0 unspecified atom stereocenters. The molecule has 1 aromatic carbocycles. The van der Waals surface area contributed by atoms with Crippen molar-refractivity contribution in [1.29, 1.82) is 0 Å². The molecule has 0 aromatic heterocycles. The molecule has 17 heavy (non-hydrogen) atoms. The molecule has 3 heteroatoms. The molecule has 0 saturated heterocycles. The standard InChI is InChI=1S/C14H17F2N/c15-12-5-8-14(16)11(10-12)4-2-1-3-9-17-13-6-7-13/h1-2,5,8,10,13,17H,3-4,6-7,9H2. The molecule has 1 fully saturated rings. The molecule has 1 aliphatic rings. The monoisotopic (exact) mass is 237 g/mol. The van der Waals surface area contributed by atoms with E-state index in [0.717, 1.165) is 25.1 Å². The van der Waals surface area contributed by atoms with Gasteiger partial charge in [0.05, 0.1) is 0 Å². The third-order valence-corrected chi connectivity index (χ3v) is 2.83. The fourth-order valence-corrected chi connectivity index (χ4v) is 1.69. The van der Waals surface area contributed by atoms with Gasteiger partial charge in [0.25, 0.3) is 0 Å². The van der Waals surface area contributed by atoms with Gasteiger partial charge in [-0.1, -0.05) is 12.2 Å². The molecule has 0 aliphatic heterocycles. The molecule has 0 heterocycles. The SMILES string of the molecule is Fc1ccc(F)c(CC=CCCNC2CC2)c1. The average Bonchev–Trinajstić information content (AvgIpc) is 3.11. The first kappa shape index (κ1) is 12.2. The average molecular weight is 237 g/mol. The van der Waals surface area contributed by atoms with Crippen molar-refractivity contribution in [3.05, 3.63) is 47.5 Å². The maximum atomic E-state index is 13.2. The van der Waals surface area contributed by atoms with E-state index in [4.69, 9.17) is 0 Å². The first-order valence-electron chi connectivity index (χ1n) is 6.08. The van der Waals surface area contributed by atoms with Gasteiger partial charge in [-0.2, -0.15) is 0 Å². The van der Waals surface area contributed by atoms with Crippen molar-refractivity contribution < 1.29 is 8.78 Å². The smallest absolute Gasteiger partial charge is 0.126 e. The Labute approximate surface area is 101 Å². The normalized spacial score (nSPS) is 15.6. The number of halogens is 2. The third-order valence-electron chi connectivity index (χ3n) is 2.83. The first-order valence-corrected chi connectivity index (χ1v) is 6.08. The van der Waals surface area contributed by atoms with Crippen LogP contribution in [0.15, 0.2) is 30.4 Å². The molecular weight excluding hydrogens is 220 g/mol. The van der Waals surface area contributed by atoms with Crippen molar-refractivity contribution in [2.45, 2.75) is 31.7 Å². The maximum absolute atomic E-state index is 13.2. The molecular formula is C14H17F2N. The summed E-state index contributed by atoms with van der Waals surface area (Å²) in [7, 11) is 0. The van der Waals surface area contributed by atoms with E-state index >= 15 is 0 Å². The summed E-state index contributed by atoms with van der Waals surface area (Å²) in [4.78, 5) is 0. The Kier molecular flexibility index (Phi) is 4.26. The highest BCUT2D eigenvalue weighted by Crippen LogP contribution is 2.18. The maximum Gasteiger partial charge on any atom is 0.126 e. The van der Waals surface area contributed by atoms with E-state index in [1.807, 2.05) is 12.2 Å². The summed E-state index contributed by atoms with van der Waals surface area (Å²) in [5.41, 5.74) is 0.413. The number of rotatable bonds is 6. The quantitative estimate of drug-likeness (QED) is 0.591. The number of allylic oxidation sites excluding steroid dienone is 1. The fraction of sp³-hybridized carbons (Fsp3) is 0.429. The zero-order valence-electron chi connectivity index (χ0n) is 9.76. The summed E-state index contributed by atoms with van der Waals surface area (Å²) in [6, 6.07) is 4.29. The van der Waals surface area contributed by atoms with Gasteiger partial charge >= 0.3 is 0 Å². The molecule has 1 saturated carbocycles. The summed E-state index contributed by atoms with van der Waals surface area (Å²) < 4.78 is 26.1. The van der Waals surface area contributed by atoms with E-state index in [0.29, 0.717) is 12.0 Å². The Morgan fingerprint density at radius 1 is 1.24 bits per heavy atom. The van der Waals surface area contributed by atoms with Crippen LogP contribution in [0.5, 0.6) is 0 Å². The van der Waals surface area contributed by atoms with Crippen molar-refractivity contribution in [2.75, 3.05) is 6.54 Å². The zero-order chi connectivity index (χ0) is 12.1. The minimum atomic E-state index is -0.384. The van der Waals surface area contributed by atoms with Crippen LogP contribution in [0, 0.1) is 11.6 Å². The second kappa shape index (κ2) is 5.92. The van der Waals surface area contributed by atoms with E-state index in [1.165, 1.54) is 25.0 Å². The predicted molar refractivity (Wildman–Crippen MR) is 64.8 cm³/mol. The van der Waals surface area contributed by atoms with Crippen LogP contribution >= 0.6 is 0 Å². The summed E-state index contributed by atoms with van der Waals surface area (Å²) >= 11 is 0. The lowest BCUT2D eigenvalue weighted by Crippen LogP contribution is -2.16. The number of hydrogen-bond acceptors (Lipinski definition) is 1. The van der Waals surface area contributed by atoms with Gasteiger partial charge in [0, 0.05) is 6.04 Å². The molecule has 1 aliphatic carbocycles. The van der Waals surface area contributed by atoms with Crippen LogP contribution in [0.2, 0.25) is 0 Å². The Hall–Kier alpha value is -1.22. The molecule has 2 rings (SSSR count). The summed E-state index contributed by atoms with van der Waals surface area (Å²) in [5.74, 6) is -0.725. The molecule has 0 atom stereocenters. The highest BCUT2D eigenvalue weighted by molar-refractivity contribution is 5.21. The minimum Gasteiger partial charge on any atom is -0.314 e. The van der Waals surface area contributed by atoms with Gasteiger partial charge in [0.1, 0.15) is 11.6 Å². The minimum absolute atomic E-state index is 0.341. The van der Waals surface area contributed by atoms with Crippen LogP contribution in [0.3, 0.4) is 0 Å². The van der Waals surface area contributed by atoms with Crippen molar-refractivity contribution in [3.8, 4) is 0 Å². The lowest BCUT2D eigenvalue weighted by Gasteiger charge is -2.00. The van der Waals surface area contributed by atoms with Gasteiger partial charge in [-0.05, 0) is 56.0 Å². The van der Waals surface area contributed by atoms with Crippen LogP contribution in [0.4, 0.5) is 8.78 Å². The van der Waals surface area contributed by atoms with Crippen molar-refractivity contribution in [2.24, 2.45) is 0 Å². The topological polar surface area (TPSA) is 12.0 Å². The highest BCUT2D eigenvalue weighted by Gasteiger charge is 2.19. The fourth-order valence-electron chi connectivity index (χ4n) is 1.69. The van der Waals surface area contributed by atoms with Crippen molar-refractivity contribution in [1.82, 2.24) is 5.32 Å². The number of hydrogen-bond donors (Lipinski definition) is 1. The van der Waals surface area contributed by atoms with E-state index in [2.05, 4.69) is 5.32 Å². The van der Waals surface area contributed by atoms with E-state index in [1.54, 1.807) is 0 Å². The first-order chi connectivity index (χ1) is 8.25. The molecule has 92 valence electrons. The summed E-state index contributed by atoms with van der Waals surface area (Å²) in [6.07, 6.45) is 7.88. The van der Waals surface area contributed by atoms with Crippen LogP contribution in [0.1, 0.15) is 24.8 Å². The van der Waals surface area contributed by atoms with Gasteiger partial charge in [-0.3, -0.25) is 0 Å². The Morgan fingerprint density at radius 2 is 2.06 bits per heavy atom. The summed E-state index contributed by atoms with van der Waals surface area (Å²) in [6.45, 7) is 0.965. The molecule has 0 bridgehead atoms. The Balaban J connectivity index is 1.72. The second-order valence-electron chi connectivity index (χ2n) is 4.43. The predicted octanol–water partition coefficient (Wildman–Crippen LogP) is 3.21. The van der Waals surface area contributed by atoms with Gasteiger partial charge < -0.3 is 5.32 Å².